The minimum Gasteiger partial charge on any atom is -0.494 e. The first-order valence-corrected chi connectivity index (χ1v) is 17.0. The number of carbonyl (C=O) groups excluding carboxylic acids is 3. The first-order chi connectivity index (χ1) is 23.4. The van der Waals surface area contributed by atoms with Crippen LogP contribution in [0.15, 0.2) is 98.3 Å². The van der Waals surface area contributed by atoms with Crippen molar-refractivity contribution in [3.05, 3.63) is 94.0 Å². The van der Waals surface area contributed by atoms with Gasteiger partial charge >= 0.3 is 0 Å². The number of ether oxygens (including phenoxy) is 2. The van der Waals surface area contributed by atoms with Crippen molar-refractivity contribution in [1.82, 2.24) is 10.0 Å². The van der Waals surface area contributed by atoms with E-state index in [0.29, 0.717) is 18.9 Å². The highest BCUT2D eigenvalue weighted by atomic mass is 79.9. The van der Waals surface area contributed by atoms with Crippen LogP contribution in [0.25, 0.3) is 6.08 Å². The van der Waals surface area contributed by atoms with Crippen molar-refractivity contribution < 1.29 is 23.9 Å². The molecule has 1 saturated carbocycles. The molecule has 2 fully saturated rings. The molecule has 0 bridgehead atoms. The maximum Gasteiger partial charge on any atom is 0.264 e. The number of carbonyl (C=O) groups is 3. The van der Waals surface area contributed by atoms with Crippen LogP contribution in [-0.4, -0.2) is 65.3 Å². The van der Waals surface area contributed by atoms with Gasteiger partial charge in [0, 0.05) is 10.4 Å². The summed E-state index contributed by atoms with van der Waals surface area (Å²) in [6.07, 6.45) is 4.80. The second-order valence-corrected chi connectivity index (χ2v) is 12.9. The highest BCUT2D eigenvalue weighted by Crippen LogP contribution is 2.45. The van der Waals surface area contributed by atoms with Gasteiger partial charge in [-0.25, -0.2) is 9.91 Å². The fraction of sp³-hybridized carbons (Fsp3) is 0.333. The van der Waals surface area contributed by atoms with E-state index in [2.05, 4.69) is 32.3 Å². The van der Waals surface area contributed by atoms with Crippen LogP contribution >= 0.6 is 15.9 Å². The van der Waals surface area contributed by atoms with E-state index < -0.39 is 23.9 Å². The molecule has 0 spiro atoms. The van der Waals surface area contributed by atoms with Gasteiger partial charge in [-0.1, -0.05) is 51.5 Å². The predicted molar refractivity (Wildman–Crippen MR) is 183 cm³/mol. The van der Waals surface area contributed by atoms with E-state index in [9.17, 15) is 14.4 Å². The lowest BCUT2D eigenvalue weighted by atomic mass is 9.77. The molecule has 3 heterocycles. The maximum absolute atomic E-state index is 14.2. The SMILES string of the molecule is CCOc1ccc(/C=C2\CCCC3C2=NN(C(=O)CN2N=NC4C(=O)N(c5cccc(Br)c5)C(=O)C42)C3c2ccc(OCC)cc2)cc1. The van der Waals surface area contributed by atoms with Gasteiger partial charge in [0.1, 0.15) is 18.0 Å². The topological polar surface area (TPSA) is 116 Å². The fourth-order valence-electron chi connectivity index (χ4n) is 6.93. The zero-order valence-electron chi connectivity index (χ0n) is 26.7. The molecule has 3 aliphatic heterocycles. The van der Waals surface area contributed by atoms with Crippen LogP contribution in [0.5, 0.6) is 11.5 Å². The van der Waals surface area contributed by atoms with Gasteiger partial charge < -0.3 is 9.47 Å². The quantitative estimate of drug-likeness (QED) is 0.239. The molecule has 4 atom stereocenters. The molecule has 7 rings (SSSR count). The molecule has 48 heavy (non-hydrogen) atoms. The van der Waals surface area contributed by atoms with E-state index in [-0.39, 0.29) is 24.4 Å². The molecule has 3 amide bonds. The number of benzene rings is 3. The number of anilines is 1. The van der Waals surface area contributed by atoms with Crippen molar-refractivity contribution in [3.8, 4) is 11.5 Å². The van der Waals surface area contributed by atoms with Gasteiger partial charge in [0.25, 0.3) is 17.7 Å². The summed E-state index contributed by atoms with van der Waals surface area (Å²) in [5.74, 6) is 0.272. The number of amides is 3. The third-order valence-electron chi connectivity index (χ3n) is 9.04. The van der Waals surface area contributed by atoms with E-state index in [4.69, 9.17) is 14.6 Å². The van der Waals surface area contributed by atoms with Crippen LogP contribution in [0.4, 0.5) is 5.69 Å². The van der Waals surface area contributed by atoms with Crippen molar-refractivity contribution in [2.24, 2.45) is 21.4 Å². The Balaban J connectivity index is 1.18. The standard InChI is InChI=1S/C36H35BrN6O5/c1-3-47-27-15-11-22(12-16-27)19-24-7-5-10-29-31(24)39-43(33(29)23-13-17-28(18-14-23)48-4-2)30(44)21-41-34-32(38-40-41)35(45)42(36(34)46)26-9-6-8-25(37)20-26/h6,8-9,11-20,29,32-34H,3-5,7,10,21H2,1-2H3/b24-19+. The molecule has 12 heteroatoms. The molecule has 0 N–H and O–H groups in total. The maximum atomic E-state index is 14.2. The largest absolute Gasteiger partial charge is 0.494 e. The summed E-state index contributed by atoms with van der Waals surface area (Å²) < 4.78 is 12.0. The Morgan fingerprint density at radius 1 is 0.938 bits per heavy atom. The molecule has 3 aromatic rings. The zero-order valence-corrected chi connectivity index (χ0v) is 28.2. The lowest BCUT2D eigenvalue weighted by Crippen LogP contribution is -2.45. The Labute approximate surface area is 287 Å². The van der Waals surface area contributed by atoms with Crippen LogP contribution in [0.3, 0.4) is 0 Å². The molecule has 246 valence electrons. The van der Waals surface area contributed by atoms with Gasteiger partial charge in [-0.05, 0) is 98.4 Å². The first kappa shape index (κ1) is 31.7. The Hall–Kier alpha value is -4.84. The zero-order chi connectivity index (χ0) is 33.4. The van der Waals surface area contributed by atoms with E-state index in [0.717, 1.165) is 62.5 Å². The molecular formula is C36H35BrN6O5. The molecule has 3 aromatic carbocycles. The number of halogens is 1. The third kappa shape index (κ3) is 5.89. The van der Waals surface area contributed by atoms with E-state index in [1.54, 1.807) is 23.2 Å². The Morgan fingerprint density at radius 3 is 2.33 bits per heavy atom. The summed E-state index contributed by atoms with van der Waals surface area (Å²) in [4.78, 5) is 42.3. The smallest absolute Gasteiger partial charge is 0.264 e. The van der Waals surface area contributed by atoms with Gasteiger partial charge in [-0.2, -0.15) is 10.2 Å². The minimum atomic E-state index is -1.01. The number of hydrazone groups is 1. The molecule has 0 radical (unpaired) electrons. The van der Waals surface area contributed by atoms with Crippen molar-refractivity contribution in [2.75, 3.05) is 24.7 Å². The lowest BCUT2D eigenvalue weighted by Gasteiger charge is -2.30. The summed E-state index contributed by atoms with van der Waals surface area (Å²) in [5.41, 5.74) is 4.38. The summed E-state index contributed by atoms with van der Waals surface area (Å²) >= 11 is 3.41. The van der Waals surface area contributed by atoms with Crippen molar-refractivity contribution in [3.63, 3.8) is 0 Å². The third-order valence-corrected chi connectivity index (χ3v) is 9.54. The summed E-state index contributed by atoms with van der Waals surface area (Å²) in [7, 11) is 0. The summed E-state index contributed by atoms with van der Waals surface area (Å²) in [5, 5.41) is 16.1. The average molecular weight is 712 g/mol. The van der Waals surface area contributed by atoms with Gasteiger partial charge in [0.2, 0.25) is 0 Å². The molecule has 0 aromatic heterocycles. The number of allylic oxidation sites excluding steroid dienone is 1. The van der Waals surface area contributed by atoms with Gasteiger partial charge in [-0.15, -0.1) is 0 Å². The Morgan fingerprint density at radius 2 is 1.65 bits per heavy atom. The van der Waals surface area contributed by atoms with Crippen LogP contribution in [0.1, 0.15) is 50.3 Å². The second kappa shape index (κ2) is 13.3. The van der Waals surface area contributed by atoms with Crippen molar-refractivity contribution >= 4 is 51.1 Å². The monoisotopic (exact) mass is 710 g/mol. The van der Waals surface area contributed by atoms with Gasteiger partial charge in [0.15, 0.2) is 12.1 Å². The van der Waals surface area contributed by atoms with Gasteiger partial charge in [0.05, 0.1) is 30.7 Å². The predicted octanol–water partition coefficient (Wildman–Crippen LogP) is 6.36. The highest BCUT2D eigenvalue weighted by Gasteiger charge is 2.55. The molecule has 1 saturated heterocycles. The number of hydrogen-bond acceptors (Lipinski definition) is 9. The lowest BCUT2D eigenvalue weighted by molar-refractivity contribution is -0.136. The van der Waals surface area contributed by atoms with Crippen LogP contribution < -0.4 is 14.4 Å². The molecule has 1 aliphatic carbocycles. The van der Waals surface area contributed by atoms with Crippen LogP contribution in [0, 0.1) is 5.92 Å². The molecular weight excluding hydrogens is 676 g/mol. The Bertz CT molecular complexity index is 1820. The first-order valence-electron chi connectivity index (χ1n) is 16.2. The van der Waals surface area contributed by atoms with Gasteiger partial charge in [-0.3, -0.25) is 19.4 Å². The van der Waals surface area contributed by atoms with Crippen molar-refractivity contribution in [2.45, 2.75) is 51.2 Å². The molecule has 11 nitrogen and oxygen atoms in total. The Kier molecular flexibility index (Phi) is 8.83. The average Bonchev–Trinajstić information content (AvgIpc) is 3.75. The van der Waals surface area contributed by atoms with E-state index in [1.165, 1.54) is 5.01 Å². The highest BCUT2D eigenvalue weighted by molar-refractivity contribution is 9.10. The van der Waals surface area contributed by atoms with E-state index >= 15 is 0 Å². The summed E-state index contributed by atoms with van der Waals surface area (Å²) in [6.45, 7) is 4.79. The number of rotatable bonds is 9. The minimum absolute atomic E-state index is 0.0238. The number of imide groups is 1. The van der Waals surface area contributed by atoms with E-state index in [1.807, 2.05) is 68.4 Å². The number of nitrogens with zero attached hydrogens (tertiary/aromatic N) is 6. The molecule has 4 aliphatic rings. The number of fused-ring (bicyclic) bond motifs is 2. The fourth-order valence-corrected chi connectivity index (χ4v) is 7.32. The van der Waals surface area contributed by atoms with Crippen LogP contribution in [-0.2, 0) is 14.4 Å². The van der Waals surface area contributed by atoms with Crippen LogP contribution in [0.2, 0.25) is 0 Å². The summed E-state index contributed by atoms with van der Waals surface area (Å²) in [6, 6.07) is 20.3. The van der Waals surface area contributed by atoms with Crippen molar-refractivity contribution in [1.29, 1.82) is 0 Å². The number of hydrogen-bond donors (Lipinski definition) is 0. The molecule has 4 unspecified atom stereocenters. The second-order valence-electron chi connectivity index (χ2n) is 12.0. The normalized spacial score (nSPS) is 23.9.